The van der Waals surface area contributed by atoms with Gasteiger partial charge in [0.25, 0.3) is 0 Å². The Kier molecular flexibility index (Phi) is 4.07. The van der Waals surface area contributed by atoms with Gasteiger partial charge in [-0.2, -0.15) is 4.89 Å². The van der Waals surface area contributed by atoms with Crippen molar-refractivity contribution in [3.05, 3.63) is 30.1 Å². The summed E-state index contributed by atoms with van der Waals surface area (Å²) in [5, 5.41) is 0. The summed E-state index contributed by atoms with van der Waals surface area (Å²) in [4.78, 5) is 20.5. The molecule has 0 N–H and O–H groups in total. The molecule has 1 aromatic rings. The number of hydrogen-bond acceptors (Lipinski definition) is 3. The van der Waals surface area contributed by atoms with Gasteiger partial charge in [0.1, 0.15) is 7.05 Å². The summed E-state index contributed by atoms with van der Waals surface area (Å²) >= 11 is 0. The van der Waals surface area contributed by atoms with Crippen molar-refractivity contribution < 1.29 is 19.1 Å². The average molecular weight is 196 g/mol. The highest BCUT2D eigenvalue weighted by molar-refractivity contribution is 5.88. The first-order valence-electron chi connectivity index (χ1n) is 4.53. The summed E-state index contributed by atoms with van der Waals surface area (Å²) in [5.41, 5.74) is 0.485. The van der Waals surface area contributed by atoms with Crippen LogP contribution in [0.3, 0.4) is 0 Å². The molecule has 1 heterocycles. The lowest BCUT2D eigenvalue weighted by molar-refractivity contribution is -0.671. The number of aromatic nitrogens is 1. The van der Waals surface area contributed by atoms with Gasteiger partial charge in [-0.25, -0.2) is 9.36 Å². The minimum Gasteiger partial charge on any atom is -0.293 e. The van der Waals surface area contributed by atoms with E-state index in [4.69, 9.17) is 0 Å². The van der Waals surface area contributed by atoms with E-state index in [1.807, 2.05) is 18.5 Å². The molecule has 0 bridgehead atoms. The fourth-order valence-corrected chi connectivity index (χ4v) is 0.864. The van der Waals surface area contributed by atoms with Gasteiger partial charge in [-0.1, -0.05) is 6.92 Å². The molecule has 0 fully saturated rings. The number of rotatable bonds is 4. The zero-order chi connectivity index (χ0) is 10.4. The largest absolute Gasteiger partial charge is 0.373 e. The van der Waals surface area contributed by atoms with Gasteiger partial charge in [-0.3, -0.25) is 4.89 Å². The van der Waals surface area contributed by atoms with Crippen LogP contribution in [0.4, 0.5) is 0 Å². The zero-order valence-electron chi connectivity index (χ0n) is 8.40. The second-order valence-electron chi connectivity index (χ2n) is 2.95. The second kappa shape index (κ2) is 5.34. The normalized spacial score (nSPS) is 9.86. The molecule has 0 aliphatic heterocycles. The number of carbonyl (C=O) groups is 1. The predicted octanol–water partition coefficient (Wildman–Crippen LogP) is 1.01. The molecule has 0 radical (unpaired) electrons. The van der Waals surface area contributed by atoms with E-state index in [-0.39, 0.29) is 0 Å². The Morgan fingerprint density at radius 3 is 2.64 bits per heavy atom. The fraction of sp³-hybridized carbons (Fsp3) is 0.400. The minimum atomic E-state index is -0.459. The lowest BCUT2D eigenvalue weighted by Gasteiger charge is -2.00. The van der Waals surface area contributed by atoms with Crippen LogP contribution < -0.4 is 4.57 Å². The van der Waals surface area contributed by atoms with Crippen molar-refractivity contribution in [3.8, 4) is 0 Å². The number of carbonyl (C=O) groups excluding carboxylic acids is 1. The van der Waals surface area contributed by atoms with Gasteiger partial charge in [-0.05, 0) is 6.42 Å². The molecule has 4 heteroatoms. The summed E-state index contributed by atoms with van der Waals surface area (Å²) in [6, 6.07) is 3.36. The van der Waals surface area contributed by atoms with Crippen LogP contribution in [0.5, 0.6) is 0 Å². The lowest BCUT2D eigenvalue weighted by atomic mass is 10.3. The van der Waals surface area contributed by atoms with Crippen LogP contribution in [0.1, 0.15) is 23.7 Å². The Labute approximate surface area is 83.0 Å². The Hall–Kier alpha value is -1.42. The van der Waals surface area contributed by atoms with Gasteiger partial charge in [0, 0.05) is 12.1 Å². The summed E-state index contributed by atoms with van der Waals surface area (Å²) in [6.07, 6.45) is 4.36. The quantitative estimate of drug-likeness (QED) is 0.312. The molecular formula is C10H14NO3+. The van der Waals surface area contributed by atoms with Crippen molar-refractivity contribution in [1.29, 1.82) is 0 Å². The minimum absolute atomic E-state index is 0.423. The van der Waals surface area contributed by atoms with E-state index in [0.29, 0.717) is 12.2 Å². The summed E-state index contributed by atoms with van der Waals surface area (Å²) < 4.78 is 1.84. The number of hydrogen-bond donors (Lipinski definition) is 0. The van der Waals surface area contributed by atoms with Gasteiger partial charge in [0.2, 0.25) is 0 Å². The van der Waals surface area contributed by atoms with Crippen LogP contribution in [-0.4, -0.2) is 12.6 Å². The fourth-order valence-electron chi connectivity index (χ4n) is 0.864. The van der Waals surface area contributed by atoms with Gasteiger partial charge in [0.05, 0.1) is 12.2 Å². The van der Waals surface area contributed by atoms with Crippen molar-refractivity contribution in [3.63, 3.8) is 0 Å². The first-order valence-corrected chi connectivity index (χ1v) is 4.53. The van der Waals surface area contributed by atoms with Crippen LogP contribution in [0.2, 0.25) is 0 Å². The number of pyridine rings is 1. The molecule has 0 amide bonds. The summed E-state index contributed by atoms with van der Waals surface area (Å²) in [5.74, 6) is -0.459. The third kappa shape index (κ3) is 3.14. The van der Waals surface area contributed by atoms with E-state index in [1.54, 1.807) is 24.5 Å². The molecule has 0 aliphatic carbocycles. The summed E-state index contributed by atoms with van der Waals surface area (Å²) in [6.45, 7) is 2.36. The molecular weight excluding hydrogens is 182 g/mol. The SMILES string of the molecule is CCCOOC(=O)c1cc[n+](C)cc1. The number of nitrogens with zero attached hydrogens (tertiary/aromatic N) is 1. The standard InChI is InChI=1S/C10H14NO3/c1-3-8-13-14-10(12)9-4-6-11(2)7-5-9/h4-7H,3,8H2,1-2H3/q+1. The van der Waals surface area contributed by atoms with E-state index in [2.05, 4.69) is 9.78 Å². The monoisotopic (exact) mass is 196 g/mol. The van der Waals surface area contributed by atoms with Gasteiger partial charge < -0.3 is 0 Å². The highest BCUT2D eigenvalue weighted by atomic mass is 17.2. The topological polar surface area (TPSA) is 39.4 Å². The Balaban J connectivity index is 2.48. The van der Waals surface area contributed by atoms with E-state index in [1.165, 1.54) is 0 Å². The third-order valence-electron chi connectivity index (χ3n) is 1.64. The maximum Gasteiger partial charge on any atom is 0.373 e. The average Bonchev–Trinajstić information content (AvgIpc) is 2.19. The van der Waals surface area contributed by atoms with Crippen molar-refractivity contribution >= 4 is 5.97 Å². The van der Waals surface area contributed by atoms with E-state index in [0.717, 1.165) is 6.42 Å². The van der Waals surface area contributed by atoms with Crippen molar-refractivity contribution in [2.75, 3.05) is 6.61 Å². The molecule has 76 valence electrons. The first-order chi connectivity index (χ1) is 6.74. The molecule has 0 spiro atoms. The van der Waals surface area contributed by atoms with Crippen LogP contribution in [0, 0.1) is 0 Å². The van der Waals surface area contributed by atoms with E-state index >= 15 is 0 Å². The van der Waals surface area contributed by atoms with Crippen LogP contribution in [-0.2, 0) is 16.8 Å². The van der Waals surface area contributed by atoms with Gasteiger partial charge >= 0.3 is 5.97 Å². The van der Waals surface area contributed by atoms with E-state index < -0.39 is 5.97 Å². The number of aryl methyl sites for hydroxylation is 1. The van der Waals surface area contributed by atoms with Crippen LogP contribution in [0.25, 0.3) is 0 Å². The maximum atomic E-state index is 11.3. The van der Waals surface area contributed by atoms with Gasteiger partial charge in [-0.15, -0.1) is 0 Å². The molecule has 0 aromatic carbocycles. The van der Waals surface area contributed by atoms with Crippen LogP contribution >= 0.6 is 0 Å². The highest BCUT2D eigenvalue weighted by Gasteiger charge is 2.08. The Bertz CT molecular complexity index is 295. The van der Waals surface area contributed by atoms with Crippen molar-refractivity contribution in [2.24, 2.45) is 7.05 Å². The lowest BCUT2D eigenvalue weighted by Crippen LogP contribution is -2.26. The molecule has 0 atom stereocenters. The maximum absolute atomic E-state index is 11.3. The second-order valence-corrected chi connectivity index (χ2v) is 2.95. The highest BCUT2D eigenvalue weighted by Crippen LogP contribution is 1.98. The Morgan fingerprint density at radius 1 is 1.43 bits per heavy atom. The predicted molar refractivity (Wildman–Crippen MR) is 49.3 cm³/mol. The molecule has 14 heavy (non-hydrogen) atoms. The van der Waals surface area contributed by atoms with Crippen LogP contribution in [0.15, 0.2) is 24.5 Å². The molecule has 4 nitrogen and oxygen atoms in total. The molecule has 0 saturated carbocycles. The van der Waals surface area contributed by atoms with Crippen molar-refractivity contribution in [2.45, 2.75) is 13.3 Å². The molecule has 1 aromatic heterocycles. The van der Waals surface area contributed by atoms with Crippen molar-refractivity contribution in [1.82, 2.24) is 0 Å². The zero-order valence-corrected chi connectivity index (χ0v) is 8.40. The molecule has 0 unspecified atom stereocenters. The molecule has 1 rings (SSSR count). The third-order valence-corrected chi connectivity index (χ3v) is 1.64. The molecule has 0 saturated heterocycles. The Morgan fingerprint density at radius 2 is 2.07 bits per heavy atom. The first kappa shape index (κ1) is 10.7. The van der Waals surface area contributed by atoms with Gasteiger partial charge in [0.15, 0.2) is 12.4 Å². The summed E-state index contributed by atoms with van der Waals surface area (Å²) in [7, 11) is 1.88. The smallest absolute Gasteiger partial charge is 0.293 e. The molecule has 0 aliphatic rings. The van der Waals surface area contributed by atoms with E-state index in [9.17, 15) is 4.79 Å².